The Bertz CT molecular complexity index is 649. The van der Waals surface area contributed by atoms with Crippen molar-refractivity contribution in [2.45, 2.75) is 12.8 Å². The van der Waals surface area contributed by atoms with Crippen LogP contribution in [0.25, 0.3) is 5.69 Å². The Morgan fingerprint density at radius 1 is 1.45 bits per heavy atom. The van der Waals surface area contributed by atoms with Crippen LogP contribution in [0.2, 0.25) is 5.02 Å². The van der Waals surface area contributed by atoms with Crippen LogP contribution in [0.3, 0.4) is 0 Å². The molecular weight excluding hydrogens is 300 g/mol. The fourth-order valence-electron chi connectivity index (χ4n) is 2.63. The predicted molar refractivity (Wildman–Crippen MR) is 86.5 cm³/mol. The maximum absolute atomic E-state index is 12.2. The summed E-state index contributed by atoms with van der Waals surface area (Å²) in [6, 6.07) is 9.09. The summed E-state index contributed by atoms with van der Waals surface area (Å²) in [5, 5.41) is 11.3. The summed E-state index contributed by atoms with van der Waals surface area (Å²) in [5.74, 6) is 0.374. The van der Waals surface area contributed by atoms with Gasteiger partial charge in [0.25, 0.3) is 5.91 Å². The summed E-state index contributed by atoms with van der Waals surface area (Å²) in [4.78, 5) is 12.2. The molecule has 2 aromatic rings. The molecule has 0 aliphatic carbocycles. The van der Waals surface area contributed by atoms with Gasteiger partial charge in [0.05, 0.1) is 5.69 Å². The first-order valence-corrected chi connectivity index (χ1v) is 7.91. The fourth-order valence-corrected chi connectivity index (χ4v) is 2.82. The first-order valence-electron chi connectivity index (χ1n) is 7.53. The lowest BCUT2D eigenvalue weighted by Gasteiger charge is -2.22. The first-order chi connectivity index (χ1) is 10.7. The minimum atomic E-state index is -0.133. The van der Waals surface area contributed by atoms with Crippen LogP contribution >= 0.6 is 11.6 Å². The summed E-state index contributed by atoms with van der Waals surface area (Å²) in [7, 11) is 0. The second-order valence-electron chi connectivity index (χ2n) is 5.55. The van der Waals surface area contributed by atoms with Crippen molar-refractivity contribution in [1.82, 2.24) is 20.4 Å². The van der Waals surface area contributed by atoms with Crippen LogP contribution in [0, 0.1) is 5.92 Å². The van der Waals surface area contributed by atoms with Crippen molar-refractivity contribution in [3.63, 3.8) is 0 Å². The van der Waals surface area contributed by atoms with Crippen LogP contribution in [-0.4, -0.2) is 35.3 Å². The van der Waals surface area contributed by atoms with E-state index in [0.717, 1.165) is 25.2 Å². The third-order valence-corrected chi connectivity index (χ3v) is 4.08. The largest absolute Gasteiger partial charge is 0.350 e. The number of nitrogens with zero attached hydrogens (tertiary/aromatic N) is 2. The van der Waals surface area contributed by atoms with E-state index in [2.05, 4.69) is 15.7 Å². The standard InChI is InChI=1S/C16H19ClN4O/c17-13-4-1-5-14(9-13)21-8-6-15(20-21)16(22)19-11-12-3-2-7-18-10-12/h1,4-6,8-9,12,18H,2-3,7,10-11H2,(H,19,22). The highest BCUT2D eigenvalue weighted by atomic mass is 35.5. The van der Waals surface area contributed by atoms with Crippen LogP contribution in [0.5, 0.6) is 0 Å². The molecule has 1 aliphatic heterocycles. The Balaban J connectivity index is 1.61. The maximum Gasteiger partial charge on any atom is 0.271 e. The monoisotopic (exact) mass is 318 g/mol. The molecule has 0 radical (unpaired) electrons. The normalized spacial score (nSPS) is 18.1. The van der Waals surface area contributed by atoms with Gasteiger partial charge in [-0.1, -0.05) is 17.7 Å². The van der Waals surface area contributed by atoms with Gasteiger partial charge in [-0.25, -0.2) is 4.68 Å². The van der Waals surface area contributed by atoms with Crippen molar-refractivity contribution in [2.75, 3.05) is 19.6 Å². The zero-order valence-electron chi connectivity index (χ0n) is 12.3. The third-order valence-electron chi connectivity index (χ3n) is 3.84. The quantitative estimate of drug-likeness (QED) is 0.909. The molecule has 1 unspecified atom stereocenters. The molecule has 1 aromatic heterocycles. The molecule has 2 heterocycles. The first kappa shape index (κ1) is 15.1. The van der Waals surface area contributed by atoms with Gasteiger partial charge in [0.15, 0.2) is 5.69 Å². The molecule has 1 atom stereocenters. The highest BCUT2D eigenvalue weighted by molar-refractivity contribution is 6.30. The number of piperidine rings is 1. The lowest BCUT2D eigenvalue weighted by atomic mass is 10.00. The van der Waals surface area contributed by atoms with Crippen molar-refractivity contribution in [2.24, 2.45) is 5.92 Å². The minimum Gasteiger partial charge on any atom is -0.350 e. The fraction of sp³-hybridized carbons (Fsp3) is 0.375. The molecule has 1 saturated heterocycles. The average molecular weight is 319 g/mol. The molecule has 2 N–H and O–H groups in total. The number of nitrogens with one attached hydrogen (secondary N) is 2. The third kappa shape index (κ3) is 3.67. The zero-order chi connectivity index (χ0) is 15.4. The molecule has 6 heteroatoms. The number of carbonyl (C=O) groups is 1. The lowest BCUT2D eigenvalue weighted by molar-refractivity contribution is 0.0939. The van der Waals surface area contributed by atoms with Gasteiger partial charge < -0.3 is 10.6 Å². The number of hydrogen-bond donors (Lipinski definition) is 2. The van der Waals surface area contributed by atoms with E-state index in [0.29, 0.717) is 23.2 Å². The van der Waals surface area contributed by atoms with E-state index >= 15 is 0 Å². The van der Waals surface area contributed by atoms with E-state index in [1.807, 2.05) is 18.2 Å². The molecule has 1 aromatic carbocycles. The van der Waals surface area contributed by atoms with Gasteiger partial charge in [-0.05, 0) is 56.1 Å². The number of carbonyl (C=O) groups excluding carboxylic acids is 1. The summed E-state index contributed by atoms with van der Waals surface area (Å²) in [6.45, 7) is 2.74. The van der Waals surface area contributed by atoms with E-state index in [-0.39, 0.29) is 5.91 Å². The molecule has 1 fully saturated rings. The van der Waals surface area contributed by atoms with Gasteiger partial charge in [0.1, 0.15) is 0 Å². The van der Waals surface area contributed by atoms with Crippen molar-refractivity contribution in [3.05, 3.63) is 47.2 Å². The molecule has 0 saturated carbocycles. The van der Waals surface area contributed by atoms with E-state index < -0.39 is 0 Å². The van der Waals surface area contributed by atoms with Crippen molar-refractivity contribution in [1.29, 1.82) is 0 Å². The van der Waals surface area contributed by atoms with E-state index in [1.54, 1.807) is 23.0 Å². The Morgan fingerprint density at radius 2 is 2.36 bits per heavy atom. The van der Waals surface area contributed by atoms with Gasteiger partial charge in [-0.2, -0.15) is 5.10 Å². The predicted octanol–water partition coefficient (Wildman–Crippen LogP) is 2.26. The van der Waals surface area contributed by atoms with E-state index in [9.17, 15) is 4.79 Å². The molecular formula is C16H19ClN4O. The topological polar surface area (TPSA) is 59.0 Å². The zero-order valence-corrected chi connectivity index (χ0v) is 13.0. The van der Waals surface area contributed by atoms with Crippen LogP contribution in [0.4, 0.5) is 0 Å². The summed E-state index contributed by atoms with van der Waals surface area (Å²) >= 11 is 5.97. The molecule has 1 amide bonds. The number of aromatic nitrogens is 2. The molecule has 116 valence electrons. The minimum absolute atomic E-state index is 0.133. The SMILES string of the molecule is O=C(NCC1CCCNC1)c1ccn(-c2cccc(Cl)c2)n1. The Morgan fingerprint density at radius 3 is 3.14 bits per heavy atom. The molecule has 1 aliphatic rings. The van der Waals surface area contributed by atoms with Crippen molar-refractivity contribution >= 4 is 17.5 Å². The second kappa shape index (κ2) is 6.94. The van der Waals surface area contributed by atoms with Crippen LogP contribution in [0.1, 0.15) is 23.3 Å². The Hall–Kier alpha value is -1.85. The highest BCUT2D eigenvalue weighted by Crippen LogP contribution is 2.14. The van der Waals surface area contributed by atoms with E-state index in [4.69, 9.17) is 11.6 Å². The number of rotatable bonds is 4. The molecule has 0 spiro atoms. The van der Waals surface area contributed by atoms with E-state index in [1.165, 1.54) is 6.42 Å². The Kier molecular flexibility index (Phi) is 4.75. The van der Waals surface area contributed by atoms with Gasteiger partial charge in [0.2, 0.25) is 0 Å². The lowest BCUT2D eigenvalue weighted by Crippen LogP contribution is -2.38. The number of halogens is 1. The highest BCUT2D eigenvalue weighted by Gasteiger charge is 2.15. The maximum atomic E-state index is 12.2. The Labute approximate surface area is 134 Å². The van der Waals surface area contributed by atoms with Gasteiger partial charge in [-0.3, -0.25) is 4.79 Å². The van der Waals surface area contributed by atoms with Crippen LogP contribution in [0.15, 0.2) is 36.5 Å². The van der Waals surface area contributed by atoms with Gasteiger partial charge in [0, 0.05) is 17.8 Å². The molecule has 5 nitrogen and oxygen atoms in total. The average Bonchev–Trinajstić information content (AvgIpc) is 3.04. The van der Waals surface area contributed by atoms with Crippen molar-refractivity contribution in [3.8, 4) is 5.69 Å². The van der Waals surface area contributed by atoms with Crippen LogP contribution in [-0.2, 0) is 0 Å². The molecule has 3 rings (SSSR count). The number of amides is 1. The summed E-state index contributed by atoms with van der Waals surface area (Å²) in [5.41, 5.74) is 1.26. The van der Waals surface area contributed by atoms with Gasteiger partial charge in [-0.15, -0.1) is 0 Å². The summed E-state index contributed by atoms with van der Waals surface area (Å²) in [6.07, 6.45) is 4.09. The summed E-state index contributed by atoms with van der Waals surface area (Å²) < 4.78 is 1.66. The smallest absolute Gasteiger partial charge is 0.271 e. The van der Waals surface area contributed by atoms with Crippen molar-refractivity contribution < 1.29 is 4.79 Å². The molecule has 0 bridgehead atoms. The van der Waals surface area contributed by atoms with Crippen LogP contribution < -0.4 is 10.6 Å². The molecule has 22 heavy (non-hydrogen) atoms. The number of hydrogen-bond acceptors (Lipinski definition) is 3. The second-order valence-corrected chi connectivity index (χ2v) is 5.98. The number of benzene rings is 1. The van der Waals surface area contributed by atoms with Gasteiger partial charge >= 0.3 is 0 Å².